The summed E-state index contributed by atoms with van der Waals surface area (Å²) in [6.07, 6.45) is 10.6. The van der Waals surface area contributed by atoms with E-state index in [1.165, 1.54) is 29.8 Å². The van der Waals surface area contributed by atoms with Gasteiger partial charge in [0, 0.05) is 36.3 Å². The zero-order chi connectivity index (χ0) is 30.1. The Bertz CT molecular complexity index is 1680. The summed E-state index contributed by atoms with van der Waals surface area (Å²) < 4.78 is 29.7. The second-order valence-corrected chi connectivity index (χ2v) is 11.4. The summed E-state index contributed by atoms with van der Waals surface area (Å²) in [6.45, 7) is 0. The van der Waals surface area contributed by atoms with Crippen LogP contribution in [0, 0.1) is 11.6 Å². The molecule has 10 heteroatoms. The maximum Gasteiger partial charge on any atom is 0.240 e. The molecule has 0 spiro atoms. The largest absolute Gasteiger partial charge is 0.358 e. The van der Waals surface area contributed by atoms with E-state index in [-0.39, 0.29) is 16.6 Å². The van der Waals surface area contributed by atoms with Crippen LogP contribution in [0.15, 0.2) is 77.6 Å². The molecule has 2 heterocycles. The van der Waals surface area contributed by atoms with E-state index < -0.39 is 17.2 Å². The minimum absolute atomic E-state index is 0.0433. The molecule has 1 fully saturated rings. The van der Waals surface area contributed by atoms with Crippen molar-refractivity contribution in [1.29, 1.82) is 0 Å². The summed E-state index contributed by atoms with van der Waals surface area (Å²) in [5.41, 5.74) is 4.41. The van der Waals surface area contributed by atoms with Crippen LogP contribution >= 0.6 is 11.6 Å². The van der Waals surface area contributed by atoms with E-state index in [1.807, 2.05) is 25.3 Å². The average molecular weight is 601 g/mol. The summed E-state index contributed by atoms with van der Waals surface area (Å²) in [6, 6.07) is 12.0. The maximum atomic E-state index is 14.8. The van der Waals surface area contributed by atoms with Crippen molar-refractivity contribution in [3.05, 3.63) is 107 Å². The van der Waals surface area contributed by atoms with Crippen LogP contribution in [0.2, 0.25) is 0 Å². The van der Waals surface area contributed by atoms with Gasteiger partial charge in [-0.25, -0.2) is 23.7 Å². The van der Waals surface area contributed by atoms with E-state index in [1.54, 1.807) is 19.4 Å². The zero-order valence-corrected chi connectivity index (χ0v) is 24.6. The first-order valence-corrected chi connectivity index (χ1v) is 14.6. The molecule has 0 atom stereocenters. The first-order chi connectivity index (χ1) is 20.8. The Hall–Kier alpha value is -4.21. The molecule has 0 unspecified atom stereocenters. The molecule has 7 nitrogen and oxygen atoms in total. The molecule has 2 aliphatic carbocycles. The number of allylic oxidation sites excluding steroid dienone is 5. The average Bonchev–Trinajstić information content (AvgIpc) is 3.19. The van der Waals surface area contributed by atoms with Crippen LogP contribution < -0.4 is 16.0 Å². The lowest BCUT2D eigenvalue weighted by atomic mass is 9.73. The van der Waals surface area contributed by atoms with Crippen LogP contribution in [0.5, 0.6) is 0 Å². The van der Waals surface area contributed by atoms with Gasteiger partial charge in [0.15, 0.2) is 0 Å². The van der Waals surface area contributed by atoms with Gasteiger partial charge in [-0.2, -0.15) is 0 Å². The number of rotatable bonds is 6. The Balaban J connectivity index is 1.22. The Kier molecular flexibility index (Phi) is 7.94. The summed E-state index contributed by atoms with van der Waals surface area (Å²) in [5.74, 6) is -0.558. The second-order valence-electron chi connectivity index (χ2n) is 11.0. The van der Waals surface area contributed by atoms with Crippen LogP contribution in [0.4, 0.5) is 20.4 Å². The van der Waals surface area contributed by atoms with Crippen molar-refractivity contribution in [3.8, 4) is 0 Å². The molecule has 0 saturated heterocycles. The minimum atomic E-state index is -0.682. The maximum absolute atomic E-state index is 14.8. The molecule has 0 bridgehead atoms. The summed E-state index contributed by atoms with van der Waals surface area (Å²) >= 11 is 6.30. The van der Waals surface area contributed by atoms with Crippen molar-refractivity contribution in [2.45, 2.75) is 43.6 Å². The van der Waals surface area contributed by atoms with E-state index in [0.717, 1.165) is 36.9 Å². The van der Waals surface area contributed by atoms with Gasteiger partial charge >= 0.3 is 0 Å². The van der Waals surface area contributed by atoms with Crippen LogP contribution in [-0.4, -0.2) is 40.7 Å². The molecule has 220 valence electrons. The molecular weight excluding hydrogens is 570 g/mol. The number of aromatic nitrogens is 2. The van der Waals surface area contributed by atoms with Gasteiger partial charge in [-0.15, -0.1) is 0 Å². The first kappa shape index (κ1) is 28.9. The smallest absolute Gasteiger partial charge is 0.240 e. The fourth-order valence-electron chi connectivity index (χ4n) is 6.25. The molecule has 3 aromatic rings. The standard InChI is InChI=1S/C33H31ClF2N6O/c1-37-31(43)33(38-2)14-12-20(13-15-33)19-6-9-22(10-7-19)41-32-40-17-21-8-11-23-24(29-26(35)4-3-5-27(29)36)16-28(34)39-18-25(23)30(21)42-32/h3-7,9-11,16-18,20,38H,8,12-15H2,1-2H3,(H,37,43)(H,40,41,42). The van der Waals surface area contributed by atoms with Crippen molar-refractivity contribution < 1.29 is 13.6 Å². The number of hydrogen-bond acceptors (Lipinski definition) is 6. The lowest BCUT2D eigenvalue weighted by molar-refractivity contribution is -0.128. The lowest BCUT2D eigenvalue weighted by Crippen LogP contribution is -2.56. The quantitative estimate of drug-likeness (QED) is 0.304. The van der Waals surface area contributed by atoms with Crippen molar-refractivity contribution in [2.75, 3.05) is 19.4 Å². The van der Waals surface area contributed by atoms with Gasteiger partial charge in [-0.05, 0) is 92.1 Å². The highest BCUT2D eigenvalue weighted by Gasteiger charge is 2.40. The van der Waals surface area contributed by atoms with E-state index in [0.29, 0.717) is 40.7 Å². The number of carbonyl (C=O) groups is 1. The Morgan fingerprint density at radius 2 is 1.72 bits per heavy atom. The van der Waals surface area contributed by atoms with Crippen LogP contribution in [0.1, 0.15) is 54.0 Å². The molecule has 1 amide bonds. The monoisotopic (exact) mass is 600 g/mol. The van der Waals surface area contributed by atoms with Gasteiger partial charge in [0.05, 0.1) is 16.8 Å². The van der Waals surface area contributed by atoms with Crippen molar-refractivity contribution in [1.82, 2.24) is 20.6 Å². The van der Waals surface area contributed by atoms with E-state index >= 15 is 0 Å². The van der Waals surface area contributed by atoms with Crippen LogP contribution in [-0.2, 0) is 11.2 Å². The fourth-order valence-corrected chi connectivity index (χ4v) is 6.41. The molecule has 1 saturated carbocycles. The molecule has 2 aromatic carbocycles. The molecule has 0 radical (unpaired) electrons. The number of likely N-dealkylation sites (N-methyl/N-ethyl adjacent to an activating group) is 2. The van der Waals surface area contributed by atoms with E-state index in [2.05, 4.69) is 38.1 Å². The molecule has 3 N–H and O–H groups in total. The molecule has 43 heavy (non-hydrogen) atoms. The van der Waals surface area contributed by atoms with Gasteiger partial charge in [-0.1, -0.05) is 35.9 Å². The zero-order valence-electron chi connectivity index (χ0n) is 23.8. The van der Waals surface area contributed by atoms with E-state index in [4.69, 9.17) is 16.6 Å². The highest BCUT2D eigenvalue weighted by molar-refractivity contribution is 6.69. The van der Waals surface area contributed by atoms with Gasteiger partial charge in [0.1, 0.15) is 16.8 Å². The topological polar surface area (TPSA) is 91.3 Å². The molecular formula is C33H31ClF2N6O. The third kappa shape index (κ3) is 5.50. The number of nitrogens with one attached hydrogen (secondary N) is 3. The molecule has 1 aromatic heterocycles. The number of aliphatic imine (C=N–C) groups is 1. The summed E-state index contributed by atoms with van der Waals surface area (Å²) in [5, 5.41) is 9.43. The predicted molar refractivity (Wildman–Crippen MR) is 166 cm³/mol. The van der Waals surface area contributed by atoms with Crippen molar-refractivity contribution in [3.63, 3.8) is 0 Å². The summed E-state index contributed by atoms with van der Waals surface area (Å²) in [4.78, 5) is 26.0. The third-order valence-electron chi connectivity index (χ3n) is 8.66. The second kappa shape index (κ2) is 11.8. The van der Waals surface area contributed by atoms with Gasteiger partial charge in [-0.3, -0.25) is 4.79 Å². The van der Waals surface area contributed by atoms with Crippen LogP contribution in [0.3, 0.4) is 0 Å². The number of halogens is 3. The minimum Gasteiger partial charge on any atom is -0.358 e. The van der Waals surface area contributed by atoms with Crippen LogP contribution in [0.25, 0.3) is 11.1 Å². The Morgan fingerprint density at radius 3 is 2.40 bits per heavy atom. The van der Waals surface area contributed by atoms with Crippen molar-refractivity contribution in [2.24, 2.45) is 4.99 Å². The SMILES string of the molecule is CNC(=O)C1(NC)CCC(c2ccc(Nc3ncc4c(n3)C3=CN=C(Cl)C=C(c5c(F)cccc5F)C3=CC4)cc2)CC1. The predicted octanol–water partition coefficient (Wildman–Crippen LogP) is 6.42. The number of benzene rings is 2. The summed E-state index contributed by atoms with van der Waals surface area (Å²) in [7, 11) is 3.53. The van der Waals surface area contributed by atoms with Gasteiger partial charge in [0.2, 0.25) is 11.9 Å². The van der Waals surface area contributed by atoms with Gasteiger partial charge < -0.3 is 16.0 Å². The fraction of sp³-hybridized carbons (Fsp3) is 0.273. The lowest BCUT2D eigenvalue weighted by Gasteiger charge is -2.38. The van der Waals surface area contributed by atoms with Gasteiger partial charge in [0.25, 0.3) is 0 Å². The third-order valence-corrected chi connectivity index (χ3v) is 8.86. The molecule has 3 aliphatic rings. The normalized spacial score (nSPS) is 21.3. The number of nitrogens with zero attached hydrogens (tertiary/aromatic N) is 3. The molecule has 1 aliphatic heterocycles. The number of anilines is 2. The Morgan fingerprint density at radius 1 is 1.00 bits per heavy atom. The molecule has 6 rings (SSSR count). The Labute approximate surface area is 253 Å². The van der Waals surface area contributed by atoms with E-state index in [9.17, 15) is 13.6 Å². The number of amides is 1. The highest BCUT2D eigenvalue weighted by Crippen LogP contribution is 2.42. The number of hydrogen-bond donors (Lipinski definition) is 3. The highest BCUT2D eigenvalue weighted by atomic mass is 35.5. The van der Waals surface area contributed by atoms with Crippen molar-refractivity contribution >= 4 is 45.5 Å². The number of fused-ring (bicyclic) bond motifs is 3. The number of carbonyl (C=O) groups excluding carboxylic acids is 1. The first-order valence-electron chi connectivity index (χ1n) is 14.3.